The normalized spacial score (nSPS) is 13.1. The Kier molecular flexibility index (Phi) is 5.35. The largest absolute Gasteiger partial charge is 0.416 e. The summed E-state index contributed by atoms with van der Waals surface area (Å²) in [6.45, 7) is 1.80. The molecule has 1 rings (SSSR count). The van der Waals surface area contributed by atoms with Gasteiger partial charge >= 0.3 is 6.18 Å². The molecule has 0 aliphatic rings. The van der Waals surface area contributed by atoms with Crippen LogP contribution in [0.3, 0.4) is 0 Å². The molecule has 1 unspecified atom stereocenters. The van der Waals surface area contributed by atoms with Crippen molar-refractivity contribution in [1.29, 1.82) is 0 Å². The van der Waals surface area contributed by atoms with E-state index in [0.29, 0.717) is 12.8 Å². The summed E-state index contributed by atoms with van der Waals surface area (Å²) >= 11 is 0. The van der Waals surface area contributed by atoms with Gasteiger partial charge in [-0.15, -0.1) is 0 Å². The van der Waals surface area contributed by atoms with E-state index in [0.717, 1.165) is 24.3 Å². The first kappa shape index (κ1) is 15.5. The van der Waals surface area contributed by atoms with Gasteiger partial charge in [0.1, 0.15) is 0 Å². The number of benzene rings is 1. The van der Waals surface area contributed by atoms with E-state index < -0.39 is 17.6 Å². The zero-order chi connectivity index (χ0) is 14.5. The molecule has 0 saturated heterocycles. The number of carbonyl (C=O) groups excluding carboxylic acids is 1. The molecule has 1 aromatic rings. The predicted molar refractivity (Wildman–Crippen MR) is 64.7 cm³/mol. The fraction of sp³-hybridized carbons (Fsp3) is 0.462. The molecule has 3 nitrogen and oxygen atoms in total. The quantitative estimate of drug-likeness (QED) is 0.867. The van der Waals surface area contributed by atoms with E-state index in [1.807, 2.05) is 6.92 Å². The summed E-state index contributed by atoms with van der Waals surface area (Å²) in [6, 6.07) is 3.86. The van der Waals surface area contributed by atoms with Crippen LogP contribution in [0, 0.1) is 0 Å². The van der Waals surface area contributed by atoms with E-state index in [9.17, 15) is 18.0 Å². The number of aliphatic hydroxyl groups excluding tert-OH is 1. The fourth-order valence-corrected chi connectivity index (χ4v) is 1.61. The molecule has 1 aromatic carbocycles. The van der Waals surface area contributed by atoms with Crippen LogP contribution in [0.4, 0.5) is 13.2 Å². The molecule has 0 fully saturated rings. The highest BCUT2D eigenvalue weighted by molar-refractivity contribution is 5.94. The molecule has 2 N–H and O–H groups in total. The van der Waals surface area contributed by atoms with E-state index in [4.69, 9.17) is 5.11 Å². The van der Waals surface area contributed by atoms with Crippen LogP contribution in [0.2, 0.25) is 0 Å². The van der Waals surface area contributed by atoms with E-state index in [-0.39, 0.29) is 18.2 Å². The van der Waals surface area contributed by atoms with Crippen LogP contribution in [0.5, 0.6) is 0 Å². The first-order chi connectivity index (χ1) is 8.88. The summed E-state index contributed by atoms with van der Waals surface area (Å²) in [4.78, 5) is 11.8. The van der Waals surface area contributed by atoms with Gasteiger partial charge in [-0.2, -0.15) is 13.2 Å². The molecular formula is C13H16F3NO2. The zero-order valence-corrected chi connectivity index (χ0v) is 10.5. The van der Waals surface area contributed by atoms with Crippen LogP contribution < -0.4 is 5.32 Å². The Balaban J connectivity index is 2.73. The third-order valence-electron chi connectivity index (χ3n) is 2.78. The maximum atomic E-state index is 12.4. The zero-order valence-electron chi connectivity index (χ0n) is 10.5. The monoisotopic (exact) mass is 275 g/mol. The topological polar surface area (TPSA) is 49.3 Å². The molecule has 19 heavy (non-hydrogen) atoms. The summed E-state index contributed by atoms with van der Waals surface area (Å²) in [7, 11) is 0. The summed E-state index contributed by atoms with van der Waals surface area (Å²) in [5, 5.41) is 11.5. The van der Waals surface area contributed by atoms with Gasteiger partial charge in [-0.3, -0.25) is 4.79 Å². The molecule has 0 bridgehead atoms. The Morgan fingerprint density at radius 2 is 1.89 bits per heavy atom. The molecule has 1 atom stereocenters. The van der Waals surface area contributed by atoms with Gasteiger partial charge in [0.15, 0.2) is 0 Å². The van der Waals surface area contributed by atoms with Gasteiger partial charge < -0.3 is 10.4 Å². The lowest BCUT2D eigenvalue weighted by molar-refractivity contribution is -0.137. The number of amides is 1. The van der Waals surface area contributed by atoms with Crippen molar-refractivity contribution >= 4 is 5.91 Å². The van der Waals surface area contributed by atoms with Gasteiger partial charge in [-0.25, -0.2) is 0 Å². The smallest absolute Gasteiger partial charge is 0.396 e. The lowest BCUT2D eigenvalue weighted by Crippen LogP contribution is -2.35. The number of rotatable bonds is 5. The van der Waals surface area contributed by atoms with Gasteiger partial charge in [-0.05, 0) is 37.1 Å². The van der Waals surface area contributed by atoms with Gasteiger partial charge in [0.05, 0.1) is 5.56 Å². The summed E-state index contributed by atoms with van der Waals surface area (Å²) in [6.07, 6.45) is -3.34. The molecule has 0 aliphatic carbocycles. The number of alkyl halides is 3. The Morgan fingerprint density at radius 3 is 2.32 bits per heavy atom. The van der Waals surface area contributed by atoms with Crippen LogP contribution in [0.1, 0.15) is 35.7 Å². The molecule has 0 radical (unpaired) electrons. The maximum Gasteiger partial charge on any atom is 0.416 e. The van der Waals surface area contributed by atoms with E-state index in [1.54, 1.807) is 0 Å². The van der Waals surface area contributed by atoms with Crippen molar-refractivity contribution in [2.75, 3.05) is 6.61 Å². The van der Waals surface area contributed by atoms with Crippen molar-refractivity contribution in [3.63, 3.8) is 0 Å². The summed E-state index contributed by atoms with van der Waals surface area (Å²) in [5.41, 5.74) is -0.615. The second-order valence-corrected chi connectivity index (χ2v) is 4.17. The van der Waals surface area contributed by atoms with Gasteiger partial charge in [-0.1, -0.05) is 6.92 Å². The number of hydrogen-bond donors (Lipinski definition) is 2. The Labute approximate surface area is 109 Å². The lowest BCUT2D eigenvalue weighted by Gasteiger charge is -2.16. The van der Waals surface area contributed by atoms with Gasteiger partial charge in [0.25, 0.3) is 5.91 Å². The molecule has 106 valence electrons. The average molecular weight is 275 g/mol. The van der Waals surface area contributed by atoms with E-state index in [1.165, 1.54) is 0 Å². The van der Waals surface area contributed by atoms with Crippen molar-refractivity contribution in [2.45, 2.75) is 32.0 Å². The molecule has 6 heteroatoms. The third kappa shape index (κ3) is 4.55. The van der Waals surface area contributed by atoms with E-state index in [2.05, 4.69) is 5.32 Å². The second-order valence-electron chi connectivity index (χ2n) is 4.17. The number of carbonyl (C=O) groups is 1. The minimum absolute atomic E-state index is 0.0498. The summed E-state index contributed by atoms with van der Waals surface area (Å²) < 4.78 is 37.1. The van der Waals surface area contributed by atoms with Crippen molar-refractivity contribution in [1.82, 2.24) is 5.32 Å². The van der Waals surface area contributed by atoms with Crippen LogP contribution in [0.25, 0.3) is 0 Å². The Morgan fingerprint density at radius 1 is 1.32 bits per heavy atom. The summed E-state index contributed by atoms with van der Waals surface area (Å²) in [5.74, 6) is -0.436. The average Bonchev–Trinajstić information content (AvgIpc) is 2.37. The van der Waals surface area contributed by atoms with Crippen LogP contribution >= 0.6 is 0 Å². The Bertz CT molecular complexity index is 415. The molecule has 0 aliphatic heterocycles. The number of halogens is 3. The highest BCUT2D eigenvalue weighted by atomic mass is 19.4. The predicted octanol–water partition coefficient (Wildman–Crippen LogP) is 2.60. The van der Waals surface area contributed by atoms with Gasteiger partial charge in [0, 0.05) is 18.2 Å². The van der Waals surface area contributed by atoms with Gasteiger partial charge in [0.2, 0.25) is 0 Å². The highest BCUT2D eigenvalue weighted by Gasteiger charge is 2.30. The van der Waals surface area contributed by atoms with Crippen LogP contribution in [-0.2, 0) is 6.18 Å². The van der Waals surface area contributed by atoms with E-state index >= 15 is 0 Å². The molecule has 0 spiro atoms. The third-order valence-corrected chi connectivity index (χ3v) is 2.78. The van der Waals surface area contributed by atoms with Crippen LogP contribution in [-0.4, -0.2) is 23.7 Å². The van der Waals surface area contributed by atoms with Crippen molar-refractivity contribution in [3.05, 3.63) is 35.4 Å². The standard InChI is InChI=1S/C13H16F3NO2/c1-2-11(7-8-18)17-12(19)9-3-5-10(6-4-9)13(14,15)16/h3-6,11,18H,2,7-8H2,1H3,(H,17,19). The molecule has 0 aromatic heterocycles. The maximum absolute atomic E-state index is 12.4. The number of hydrogen-bond acceptors (Lipinski definition) is 2. The molecule has 0 saturated carbocycles. The number of aliphatic hydroxyl groups is 1. The van der Waals surface area contributed by atoms with Crippen molar-refractivity contribution < 1.29 is 23.1 Å². The van der Waals surface area contributed by atoms with Crippen molar-refractivity contribution in [3.8, 4) is 0 Å². The molecular weight excluding hydrogens is 259 g/mol. The second kappa shape index (κ2) is 6.56. The van der Waals surface area contributed by atoms with Crippen molar-refractivity contribution in [2.24, 2.45) is 0 Å². The number of nitrogens with one attached hydrogen (secondary N) is 1. The molecule has 0 heterocycles. The SMILES string of the molecule is CCC(CCO)NC(=O)c1ccc(C(F)(F)F)cc1. The first-order valence-corrected chi connectivity index (χ1v) is 5.97. The minimum atomic E-state index is -4.40. The van der Waals surface area contributed by atoms with Crippen LogP contribution in [0.15, 0.2) is 24.3 Å². The first-order valence-electron chi connectivity index (χ1n) is 5.97. The minimum Gasteiger partial charge on any atom is -0.396 e. The highest BCUT2D eigenvalue weighted by Crippen LogP contribution is 2.29. The molecule has 1 amide bonds. The lowest BCUT2D eigenvalue weighted by atomic mass is 10.1. The Hall–Kier alpha value is -1.56. The fourth-order valence-electron chi connectivity index (χ4n) is 1.61.